The van der Waals surface area contributed by atoms with Gasteiger partial charge in [0.15, 0.2) is 0 Å². The molecule has 1 aromatic rings. The Morgan fingerprint density at radius 3 is 2.31 bits per heavy atom. The van der Waals surface area contributed by atoms with E-state index in [1.165, 1.54) is 0 Å². The minimum atomic E-state index is -0.0125. The molecular weight excluding hydrogens is 434 g/mol. The molecule has 0 aliphatic carbocycles. The van der Waals surface area contributed by atoms with Gasteiger partial charge in [0.25, 0.3) is 5.91 Å². The third kappa shape index (κ3) is 6.03. The van der Waals surface area contributed by atoms with Crippen LogP contribution in [0, 0.1) is 11.8 Å². The van der Waals surface area contributed by atoms with Crippen LogP contribution in [0.15, 0.2) is 28.7 Å². The molecule has 0 aromatic heterocycles. The van der Waals surface area contributed by atoms with Crippen molar-refractivity contribution >= 4 is 27.7 Å². The molecule has 2 amide bonds. The maximum atomic E-state index is 12.7. The van der Waals surface area contributed by atoms with Gasteiger partial charge in [-0.25, -0.2) is 0 Å². The lowest BCUT2D eigenvalue weighted by atomic mass is 9.94. The van der Waals surface area contributed by atoms with Gasteiger partial charge in [-0.3, -0.25) is 14.5 Å². The Bertz CT molecular complexity index is 681. The van der Waals surface area contributed by atoms with Crippen LogP contribution in [0.5, 0.6) is 0 Å². The molecule has 29 heavy (non-hydrogen) atoms. The summed E-state index contributed by atoms with van der Waals surface area (Å²) < 4.78 is 6.41. The smallest absolute Gasteiger partial charge is 0.253 e. The fourth-order valence-corrected chi connectivity index (χ4v) is 4.43. The first-order valence-electron chi connectivity index (χ1n) is 10.6. The number of hydrogen-bond acceptors (Lipinski definition) is 4. The first-order valence-corrected chi connectivity index (χ1v) is 11.4. The number of likely N-dealkylation sites (tertiary alicyclic amines) is 1. The second-order valence-electron chi connectivity index (χ2n) is 8.28. The van der Waals surface area contributed by atoms with Crippen LogP contribution in [0.1, 0.15) is 37.0 Å². The van der Waals surface area contributed by atoms with Gasteiger partial charge in [-0.15, -0.1) is 0 Å². The number of hydrogen-bond donors (Lipinski definition) is 1. The van der Waals surface area contributed by atoms with Crippen molar-refractivity contribution < 1.29 is 14.3 Å². The Kier molecular flexibility index (Phi) is 8.09. The lowest BCUT2D eigenvalue weighted by Gasteiger charge is -2.37. The van der Waals surface area contributed by atoms with Crippen LogP contribution in [0.25, 0.3) is 0 Å². The molecule has 1 N–H and O–H groups in total. The fourth-order valence-electron chi connectivity index (χ4n) is 4.16. The van der Waals surface area contributed by atoms with Gasteiger partial charge in [0.05, 0.1) is 13.2 Å². The lowest BCUT2D eigenvalue weighted by Crippen LogP contribution is -2.52. The highest BCUT2D eigenvalue weighted by Crippen LogP contribution is 2.21. The molecule has 3 rings (SSSR count). The number of piperidine rings is 1. The average Bonchev–Trinajstić information content (AvgIpc) is 2.74. The summed E-state index contributed by atoms with van der Waals surface area (Å²) in [5, 5.41) is 3.18. The molecular formula is C22H32BrN3O3. The quantitative estimate of drug-likeness (QED) is 0.701. The monoisotopic (exact) mass is 465 g/mol. The minimum Gasteiger partial charge on any atom is -0.379 e. The molecule has 2 aliphatic heterocycles. The summed E-state index contributed by atoms with van der Waals surface area (Å²) in [5.74, 6) is 0.628. The molecule has 2 heterocycles. The zero-order chi connectivity index (χ0) is 20.8. The van der Waals surface area contributed by atoms with E-state index in [0.29, 0.717) is 37.2 Å². The summed E-state index contributed by atoms with van der Waals surface area (Å²) in [6.07, 6.45) is 1.44. The second kappa shape index (κ2) is 10.5. The Balaban J connectivity index is 1.46. The maximum Gasteiger partial charge on any atom is 0.253 e. The van der Waals surface area contributed by atoms with E-state index in [0.717, 1.165) is 43.6 Å². The average molecular weight is 466 g/mol. The number of morpholine rings is 1. The highest BCUT2D eigenvalue weighted by Gasteiger charge is 2.29. The third-order valence-corrected chi connectivity index (χ3v) is 6.54. The van der Waals surface area contributed by atoms with Gasteiger partial charge in [-0.05, 0) is 43.0 Å². The molecule has 160 valence electrons. The van der Waals surface area contributed by atoms with Crippen LogP contribution >= 0.6 is 15.9 Å². The van der Waals surface area contributed by atoms with Crippen molar-refractivity contribution in [1.82, 2.24) is 15.1 Å². The molecule has 1 unspecified atom stereocenters. The maximum absolute atomic E-state index is 12.7. The van der Waals surface area contributed by atoms with Crippen LogP contribution < -0.4 is 5.32 Å². The van der Waals surface area contributed by atoms with Crippen LogP contribution in [0.3, 0.4) is 0 Å². The SMILES string of the molecule is CC(C)C(CNC(=O)C1CCN(C(=O)c2ccc(Br)cc2)CC1)N1CCOCC1. The number of amides is 2. The zero-order valence-corrected chi connectivity index (χ0v) is 19.0. The topological polar surface area (TPSA) is 61.9 Å². The molecule has 1 atom stereocenters. The fraction of sp³-hybridized carbons (Fsp3) is 0.636. The first kappa shape index (κ1) is 22.2. The predicted molar refractivity (Wildman–Crippen MR) is 117 cm³/mol. The van der Waals surface area contributed by atoms with Crippen LogP contribution in [0.2, 0.25) is 0 Å². The highest BCUT2D eigenvalue weighted by atomic mass is 79.9. The lowest BCUT2D eigenvalue weighted by molar-refractivity contribution is -0.126. The number of ether oxygens (including phenoxy) is 1. The van der Waals surface area contributed by atoms with E-state index in [4.69, 9.17) is 4.74 Å². The van der Waals surface area contributed by atoms with Crippen molar-refractivity contribution in [1.29, 1.82) is 0 Å². The van der Waals surface area contributed by atoms with Crippen molar-refractivity contribution in [2.75, 3.05) is 45.9 Å². The number of carbonyl (C=O) groups excluding carboxylic acids is 2. The minimum absolute atomic E-state index is 0.0125. The number of nitrogens with one attached hydrogen (secondary N) is 1. The van der Waals surface area contributed by atoms with Gasteiger partial charge in [0.2, 0.25) is 5.91 Å². The summed E-state index contributed by atoms with van der Waals surface area (Å²) in [7, 11) is 0. The van der Waals surface area contributed by atoms with Gasteiger partial charge in [-0.2, -0.15) is 0 Å². The molecule has 1 aromatic carbocycles. The number of benzene rings is 1. The first-order chi connectivity index (χ1) is 14.0. The zero-order valence-electron chi connectivity index (χ0n) is 17.4. The van der Waals surface area contributed by atoms with Crippen molar-refractivity contribution in [2.45, 2.75) is 32.7 Å². The predicted octanol–water partition coefficient (Wildman–Crippen LogP) is 2.77. The van der Waals surface area contributed by atoms with E-state index in [1.807, 2.05) is 29.2 Å². The summed E-state index contributed by atoms with van der Waals surface area (Å²) in [4.78, 5) is 29.7. The Labute approximate surface area is 182 Å². The number of nitrogens with zero attached hydrogens (tertiary/aromatic N) is 2. The summed E-state index contributed by atoms with van der Waals surface area (Å²) in [6, 6.07) is 7.77. The molecule has 0 saturated carbocycles. The molecule has 2 aliphatic rings. The van der Waals surface area contributed by atoms with Crippen molar-refractivity contribution in [3.8, 4) is 0 Å². The van der Waals surface area contributed by atoms with Gasteiger partial charge in [0.1, 0.15) is 0 Å². The largest absolute Gasteiger partial charge is 0.379 e. The Morgan fingerprint density at radius 2 is 1.72 bits per heavy atom. The highest BCUT2D eigenvalue weighted by molar-refractivity contribution is 9.10. The number of halogens is 1. The molecule has 0 radical (unpaired) electrons. The molecule has 6 nitrogen and oxygen atoms in total. The van der Waals surface area contributed by atoms with Crippen LogP contribution in [0.4, 0.5) is 0 Å². The van der Waals surface area contributed by atoms with E-state index >= 15 is 0 Å². The summed E-state index contributed by atoms with van der Waals surface area (Å²) >= 11 is 3.39. The van der Waals surface area contributed by atoms with Crippen molar-refractivity contribution in [2.24, 2.45) is 11.8 Å². The molecule has 2 saturated heterocycles. The Hall–Kier alpha value is -1.44. The third-order valence-electron chi connectivity index (χ3n) is 6.01. The Morgan fingerprint density at radius 1 is 1.10 bits per heavy atom. The number of rotatable bonds is 6. The van der Waals surface area contributed by atoms with Crippen LogP contribution in [-0.4, -0.2) is 73.6 Å². The standard InChI is InChI=1S/C22H32BrN3O3/c1-16(2)20(25-11-13-29-14-12-25)15-24-21(27)17-7-9-26(10-8-17)22(28)18-3-5-19(23)6-4-18/h3-6,16-17,20H,7-15H2,1-2H3,(H,24,27). The van der Waals surface area contributed by atoms with Gasteiger partial charge < -0.3 is 15.0 Å². The van der Waals surface area contributed by atoms with Crippen LogP contribution in [-0.2, 0) is 9.53 Å². The van der Waals surface area contributed by atoms with Gasteiger partial charge >= 0.3 is 0 Å². The van der Waals surface area contributed by atoms with E-state index in [1.54, 1.807) is 0 Å². The van der Waals surface area contributed by atoms with E-state index in [9.17, 15) is 9.59 Å². The van der Waals surface area contributed by atoms with E-state index < -0.39 is 0 Å². The molecule has 0 bridgehead atoms. The summed E-state index contributed by atoms with van der Waals surface area (Å²) in [5.41, 5.74) is 0.696. The van der Waals surface area contributed by atoms with Crippen molar-refractivity contribution in [3.05, 3.63) is 34.3 Å². The van der Waals surface area contributed by atoms with Gasteiger partial charge in [-0.1, -0.05) is 29.8 Å². The number of carbonyl (C=O) groups is 2. The van der Waals surface area contributed by atoms with E-state index in [-0.39, 0.29) is 17.7 Å². The summed E-state index contributed by atoms with van der Waals surface area (Å²) in [6.45, 7) is 9.73. The van der Waals surface area contributed by atoms with Crippen molar-refractivity contribution in [3.63, 3.8) is 0 Å². The van der Waals surface area contributed by atoms with E-state index in [2.05, 4.69) is 40.0 Å². The molecule has 0 spiro atoms. The normalized spacial score (nSPS) is 19.9. The second-order valence-corrected chi connectivity index (χ2v) is 9.19. The molecule has 2 fully saturated rings. The van der Waals surface area contributed by atoms with Gasteiger partial charge in [0, 0.05) is 54.7 Å². The molecule has 7 heteroatoms.